The van der Waals surface area contributed by atoms with Crippen LogP contribution in [-0.4, -0.2) is 36.2 Å². The molecule has 1 fully saturated rings. The van der Waals surface area contributed by atoms with Gasteiger partial charge in [0.15, 0.2) is 11.5 Å². The third-order valence-electron chi connectivity index (χ3n) is 4.47. The number of hydrazine groups is 1. The summed E-state index contributed by atoms with van der Waals surface area (Å²) in [5, 5.41) is 11.2. The minimum atomic E-state index is -0.400. The summed E-state index contributed by atoms with van der Waals surface area (Å²) in [7, 11) is 1.47. The van der Waals surface area contributed by atoms with Crippen LogP contribution in [0.25, 0.3) is 6.08 Å². The van der Waals surface area contributed by atoms with Gasteiger partial charge in [-0.25, -0.2) is 15.2 Å². The molecule has 1 heterocycles. The van der Waals surface area contributed by atoms with Gasteiger partial charge in [0.05, 0.1) is 30.5 Å². The van der Waals surface area contributed by atoms with E-state index in [2.05, 4.69) is 5.43 Å². The van der Waals surface area contributed by atoms with Crippen molar-refractivity contribution in [1.82, 2.24) is 5.43 Å². The Labute approximate surface area is 169 Å². The number of aromatic hydroxyl groups is 1. The van der Waals surface area contributed by atoms with E-state index >= 15 is 0 Å². The monoisotopic (exact) mass is 396 g/mol. The van der Waals surface area contributed by atoms with E-state index in [1.807, 2.05) is 6.92 Å². The van der Waals surface area contributed by atoms with Gasteiger partial charge in [-0.3, -0.25) is 4.79 Å². The maximum Gasteiger partial charge on any atom is 0.338 e. The Bertz CT molecular complexity index is 950. The summed E-state index contributed by atoms with van der Waals surface area (Å²) in [6, 6.07) is 11.3. The van der Waals surface area contributed by atoms with Gasteiger partial charge in [0, 0.05) is 5.57 Å². The number of hydrogen-bond donors (Lipinski definition) is 2. The summed E-state index contributed by atoms with van der Waals surface area (Å²) in [5.41, 5.74) is 5.49. The molecular weight excluding hydrogens is 372 g/mol. The number of nitrogens with one attached hydrogen (secondary N) is 1. The molecular formula is C22H24N2O5. The Morgan fingerprint density at radius 2 is 1.90 bits per heavy atom. The van der Waals surface area contributed by atoms with Crippen LogP contribution in [-0.2, 0) is 9.53 Å². The summed E-state index contributed by atoms with van der Waals surface area (Å²) in [4.78, 5) is 24.9. The third-order valence-corrected chi connectivity index (χ3v) is 4.47. The van der Waals surface area contributed by atoms with Gasteiger partial charge >= 0.3 is 5.97 Å². The van der Waals surface area contributed by atoms with Crippen LogP contribution >= 0.6 is 0 Å². The van der Waals surface area contributed by atoms with E-state index in [4.69, 9.17) is 9.47 Å². The number of ether oxygens (including phenoxy) is 2. The van der Waals surface area contributed by atoms with E-state index in [1.165, 1.54) is 18.2 Å². The molecule has 0 spiro atoms. The molecule has 0 bridgehead atoms. The summed E-state index contributed by atoms with van der Waals surface area (Å²) < 4.78 is 10.3. The van der Waals surface area contributed by atoms with E-state index in [0.717, 1.165) is 5.56 Å². The molecule has 152 valence electrons. The summed E-state index contributed by atoms with van der Waals surface area (Å²) in [5.74, 6) is -0.216. The van der Waals surface area contributed by atoms with Crippen LogP contribution in [0.5, 0.6) is 11.5 Å². The number of esters is 1. The molecule has 1 aliphatic heterocycles. The fourth-order valence-electron chi connectivity index (χ4n) is 3.01. The number of carbonyl (C=O) groups is 2. The molecule has 1 unspecified atom stereocenters. The molecule has 0 radical (unpaired) electrons. The van der Waals surface area contributed by atoms with Gasteiger partial charge in [0.25, 0.3) is 5.91 Å². The lowest BCUT2D eigenvalue weighted by molar-refractivity contribution is -0.114. The zero-order valence-electron chi connectivity index (χ0n) is 16.8. The van der Waals surface area contributed by atoms with Crippen LogP contribution in [0.3, 0.4) is 0 Å². The standard InChI is InChI=1S/C22H24N2O5/c1-13(2)29-22(27)16-6-8-17(9-7-16)24-21(26)18(14(3)23-24)11-15-5-10-19(25)20(12-15)28-4/h5-14,23,25H,1-4H3/b18-11+. The first kappa shape index (κ1) is 20.4. The van der Waals surface area contributed by atoms with Crippen molar-refractivity contribution >= 4 is 23.6 Å². The SMILES string of the molecule is COc1cc(/C=C2/C(=O)N(c3ccc(C(=O)OC(C)C)cc3)NC2C)ccc1O. The molecule has 2 aromatic carbocycles. The van der Waals surface area contributed by atoms with Gasteiger partial charge in [0.1, 0.15) is 0 Å². The third kappa shape index (κ3) is 4.41. The molecule has 29 heavy (non-hydrogen) atoms. The number of anilines is 1. The van der Waals surface area contributed by atoms with Crippen molar-refractivity contribution in [2.75, 3.05) is 12.1 Å². The van der Waals surface area contributed by atoms with E-state index in [-0.39, 0.29) is 23.8 Å². The molecule has 0 aromatic heterocycles. The van der Waals surface area contributed by atoms with Gasteiger partial charge in [-0.05, 0) is 68.8 Å². The number of carbonyl (C=O) groups excluding carboxylic acids is 2. The van der Waals surface area contributed by atoms with E-state index in [1.54, 1.807) is 56.3 Å². The van der Waals surface area contributed by atoms with Crippen molar-refractivity contribution in [2.24, 2.45) is 0 Å². The molecule has 7 heteroatoms. The normalized spacial score (nSPS) is 17.8. The number of hydrogen-bond acceptors (Lipinski definition) is 6. The van der Waals surface area contributed by atoms with E-state index in [9.17, 15) is 14.7 Å². The second-order valence-electron chi connectivity index (χ2n) is 7.02. The second-order valence-corrected chi connectivity index (χ2v) is 7.02. The maximum absolute atomic E-state index is 12.9. The number of methoxy groups -OCH3 is 1. The Balaban J connectivity index is 1.81. The topological polar surface area (TPSA) is 88.1 Å². The first-order valence-electron chi connectivity index (χ1n) is 9.30. The zero-order valence-corrected chi connectivity index (χ0v) is 16.8. The van der Waals surface area contributed by atoms with Gasteiger partial charge in [-0.1, -0.05) is 6.07 Å². The highest BCUT2D eigenvalue weighted by molar-refractivity contribution is 6.11. The number of nitrogens with zero attached hydrogens (tertiary/aromatic N) is 1. The smallest absolute Gasteiger partial charge is 0.338 e. The minimum absolute atomic E-state index is 0.0382. The van der Waals surface area contributed by atoms with Crippen LogP contribution in [0.4, 0.5) is 5.69 Å². The van der Waals surface area contributed by atoms with Gasteiger partial charge in [0.2, 0.25) is 0 Å². The van der Waals surface area contributed by atoms with Crippen LogP contribution < -0.4 is 15.2 Å². The first-order chi connectivity index (χ1) is 13.8. The molecule has 1 saturated heterocycles. The lowest BCUT2D eigenvalue weighted by Crippen LogP contribution is -2.36. The fourth-order valence-corrected chi connectivity index (χ4v) is 3.01. The lowest BCUT2D eigenvalue weighted by Gasteiger charge is -2.16. The predicted octanol–water partition coefficient (Wildman–Crippen LogP) is 3.29. The molecule has 3 rings (SSSR count). The van der Waals surface area contributed by atoms with Gasteiger partial charge in [-0.2, -0.15) is 0 Å². The average Bonchev–Trinajstić information content (AvgIpc) is 2.97. The molecule has 0 saturated carbocycles. The highest BCUT2D eigenvalue weighted by Crippen LogP contribution is 2.29. The van der Waals surface area contributed by atoms with Crippen molar-refractivity contribution in [3.05, 3.63) is 59.2 Å². The molecule has 0 aliphatic carbocycles. The fraction of sp³-hybridized carbons (Fsp3) is 0.273. The van der Waals surface area contributed by atoms with Crippen molar-refractivity contribution < 1.29 is 24.2 Å². The van der Waals surface area contributed by atoms with Crippen molar-refractivity contribution in [3.8, 4) is 11.5 Å². The molecule has 7 nitrogen and oxygen atoms in total. The van der Waals surface area contributed by atoms with Crippen LogP contribution in [0.15, 0.2) is 48.0 Å². The lowest BCUT2D eigenvalue weighted by atomic mass is 10.1. The summed E-state index contributed by atoms with van der Waals surface area (Å²) in [6.07, 6.45) is 1.56. The van der Waals surface area contributed by atoms with Crippen molar-refractivity contribution in [3.63, 3.8) is 0 Å². The Kier molecular flexibility index (Phi) is 5.89. The van der Waals surface area contributed by atoms with Crippen molar-refractivity contribution in [2.45, 2.75) is 32.9 Å². The average molecular weight is 396 g/mol. The van der Waals surface area contributed by atoms with Crippen molar-refractivity contribution in [1.29, 1.82) is 0 Å². The van der Waals surface area contributed by atoms with Crippen LogP contribution in [0.2, 0.25) is 0 Å². The van der Waals surface area contributed by atoms with E-state index in [0.29, 0.717) is 22.6 Å². The Hall–Kier alpha value is -3.32. The zero-order chi connectivity index (χ0) is 21.1. The number of benzene rings is 2. The highest BCUT2D eigenvalue weighted by Gasteiger charge is 2.33. The number of phenols is 1. The molecule has 1 aliphatic rings. The molecule has 2 N–H and O–H groups in total. The van der Waals surface area contributed by atoms with Crippen LogP contribution in [0.1, 0.15) is 36.7 Å². The van der Waals surface area contributed by atoms with Crippen LogP contribution in [0, 0.1) is 0 Å². The predicted molar refractivity (Wildman–Crippen MR) is 110 cm³/mol. The largest absolute Gasteiger partial charge is 0.504 e. The first-order valence-corrected chi connectivity index (χ1v) is 9.30. The quantitative estimate of drug-likeness (QED) is 0.596. The molecule has 2 aromatic rings. The van der Waals surface area contributed by atoms with E-state index < -0.39 is 5.97 Å². The second kappa shape index (κ2) is 8.36. The number of rotatable bonds is 5. The Morgan fingerprint density at radius 3 is 2.52 bits per heavy atom. The van der Waals surface area contributed by atoms with Gasteiger partial charge < -0.3 is 14.6 Å². The minimum Gasteiger partial charge on any atom is -0.504 e. The highest BCUT2D eigenvalue weighted by atomic mass is 16.5. The van der Waals surface area contributed by atoms with Gasteiger partial charge in [-0.15, -0.1) is 0 Å². The summed E-state index contributed by atoms with van der Waals surface area (Å²) >= 11 is 0. The number of amides is 1. The molecule has 1 amide bonds. The maximum atomic E-state index is 12.9. The molecule has 1 atom stereocenters. The number of phenolic OH excluding ortho intramolecular Hbond substituents is 1. The summed E-state index contributed by atoms with van der Waals surface area (Å²) in [6.45, 7) is 5.46. The Morgan fingerprint density at radius 1 is 1.21 bits per heavy atom.